The smallest absolute Gasteiger partial charge is 0.343 e. The molecule has 0 spiro atoms. The molecule has 1 aromatic heterocycles. The molecule has 0 aliphatic heterocycles. The van der Waals surface area contributed by atoms with Crippen molar-refractivity contribution in [3.05, 3.63) is 59.0 Å². The van der Waals surface area contributed by atoms with E-state index in [2.05, 4.69) is 16.4 Å². The van der Waals surface area contributed by atoms with Crippen molar-refractivity contribution in [3.8, 4) is 5.75 Å². The van der Waals surface area contributed by atoms with Gasteiger partial charge in [0, 0.05) is 17.8 Å². The van der Waals surface area contributed by atoms with Crippen LogP contribution in [-0.4, -0.2) is 16.7 Å². The van der Waals surface area contributed by atoms with Gasteiger partial charge in [-0.1, -0.05) is 5.73 Å². The van der Waals surface area contributed by atoms with Crippen molar-refractivity contribution in [2.24, 2.45) is 0 Å². The molecule has 1 aromatic rings. The zero-order valence-corrected chi connectivity index (χ0v) is 8.91. The zero-order valence-electron chi connectivity index (χ0n) is 8.91. The third-order valence-corrected chi connectivity index (χ3v) is 2.56. The highest BCUT2D eigenvalue weighted by Crippen LogP contribution is 2.44. The van der Waals surface area contributed by atoms with Crippen molar-refractivity contribution in [1.29, 1.82) is 0 Å². The van der Waals surface area contributed by atoms with E-state index in [-0.39, 0.29) is 11.3 Å². The quantitative estimate of drug-likeness (QED) is 0.750. The average Bonchev–Trinajstić information content (AvgIpc) is 2.39. The number of fused-ring (bicyclic) bond motifs is 1. The largest absolute Gasteiger partial charge is 0.447 e. The number of hydrogen-bond donors (Lipinski definition) is 0. The lowest BCUT2D eigenvalue weighted by atomic mass is 9.79. The summed E-state index contributed by atoms with van der Waals surface area (Å²) in [6.07, 6.45) is 4.27. The number of aromatic nitrogens is 1. The number of hydrogen-bond acceptors (Lipinski definition) is 3. The molecule has 1 saturated carbocycles. The second-order valence-electron chi connectivity index (χ2n) is 3.74. The Morgan fingerprint density at radius 2 is 2.17 bits per heavy atom. The third kappa shape index (κ3) is 1.43. The number of pyridine rings is 1. The third-order valence-electron chi connectivity index (χ3n) is 2.56. The lowest BCUT2D eigenvalue weighted by Gasteiger charge is -2.29. The minimum absolute atomic E-state index is 0.0716. The number of ketones is 1. The van der Waals surface area contributed by atoms with Gasteiger partial charge in [0.05, 0.1) is 11.8 Å². The standard InChI is InChI=1S/C13H5F2NO2/c14-13(15)11-4-3-8(6-10(11)12(13)17)18-9-2-1-5-16-7-9/h1-2,5-7H. The van der Waals surface area contributed by atoms with Crippen LogP contribution in [0.1, 0.15) is 0 Å². The Hall–Kier alpha value is -2.48. The van der Waals surface area contributed by atoms with E-state index in [4.69, 9.17) is 4.74 Å². The van der Waals surface area contributed by atoms with Crippen LogP contribution in [0.3, 0.4) is 0 Å². The first-order chi connectivity index (χ1) is 8.59. The molecule has 5 heteroatoms. The Labute approximate surface area is 100 Å². The SMILES string of the molecule is O=C1C2=CC(Oc3cccnc3)=C=C=C2C1(F)F. The Kier molecular flexibility index (Phi) is 2.08. The first-order valence-electron chi connectivity index (χ1n) is 5.08. The van der Waals surface area contributed by atoms with Crippen molar-refractivity contribution in [3.63, 3.8) is 0 Å². The number of Topliss-reactive ketones (excluding diaryl/α,β-unsaturated/α-hetero) is 1. The fourth-order valence-electron chi connectivity index (χ4n) is 1.67. The summed E-state index contributed by atoms with van der Waals surface area (Å²) < 4.78 is 31.4. The van der Waals surface area contributed by atoms with Gasteiger partial charge in [0.15, 0.2) is 5.76 Å². The normalized spacial score (nSPS) is 19.2. The predicted octanol–water partition coefficient (Wildman–Crippen LogP) is 2.18. The van der Waals surface area contributed by atoms with Gasteiger partial charge in [0.2, 0.25) is 5.78 Å². The summed E-state index contributed by atoms with van der Waals surface area (Å²) in [5.74, 6) is -4.05. The van der Waals surface area contributed by atoms with E-state index in [1.54, 1.807) is 18.3 Å². The van der Waals surface area contributed by atoms with Crippen LogP contribution in [0.25, 0.3) is 0 Å². The van der Waals surface area contributed by atoms with E-state index in [9.17, 15) is 13.6 Å². The van der Waals surface area contributed by atoms with E-state index >= 15 is 0 Å². The Bertz CT molecular complexity index is 676. The van der Waals surface area contributed by atoms with Gasteiger partial charge in [0.25, 0.3) is 0 Å². The van der Waals surface area contributed by atoms with Gasteiger partial charge < -0.3 is 4.74 Å². The summed E-state index contributed by atoms with van der Waals surface area (Å²) in [5.41, 5.74) is 4.20. The molecule has 0 unspecified atom stereocenters. The number of rotatable bonds is 2. The second kappa shape index (κ2) is 3.50. The molecule has 1 fully saturated rings. The van der Waals surface area contributed by atoms with Crippen molar-refractivity contribution in [1.82, 2.24) is 4.98 Å². The van der Waals surface area contributed by atoms with Gasteiger partial charge in [-0.3, -0.25) is 9.78 Å². The highest BCUT2D eigenvalue weighted by molar-refractivity contribution is 6.16. The lowest BCUT2D eigenvalue weighted by Crippen LogP contribution is -2.45. The first kappa shape index (κ1) is 10.7. The van der Waals surface area contributed by atoms with Gasteiger partial charge in [0.1, 0.15) is 5.75 Å². The van der Waals surface area contributed by atoms with Crippen LogP contribution in [0.2, 0.25) is 0 Å². The molecule has 1 heterocycles. The molecule has 0 atom stereocenters. The van der Waals surface area contributed by atoms with Crippen molar-refractivity contribution < 1.29 is 18.3 Å². The van der Waals surface area contributed by atoms with E-state index in [0.29, 0.717) is 5.75 Å². The molecule has 0 radical (unpaired) electrons. The van der Waals surface area contributed by atoms with Crippen molar-refractivity contribution in [2.75, 3.05) is 0 Å². The van der Waals surface area contributed by atoms with Crippen LogP contribution >= 0.6 is 0 Å². The molecule has 0 N–H and O–H groups in total. The highest BCUT2D eigenvalue weighted by atomic mass is 19.3. The molecule has 0 aromatic carbocycles. The van der Waals surface area contributed by atoms with Crippen LogP contribution in [0.5, 0.6) is 5.75 Å². The first-order valence-corrected chi connectivity index (χ1v) is 5.08. The molecule has 2 aliphatic rings. The minimum Gasteiger partial charge on any atom is -0.447 e. The summed E-state index contributed by atoms with van der Waals surface area (Å²) in [6.45, 7) is 0. The monoisotopic (exact) mass is 245 g/mol. The summed E-state index contributed by atoms with van der Waals surface area (Å²) in [6, 6.07) is 3.32. The van der Waals surface area contributed by atoms with Crippen LogP contribution in [0.4, 0.5) is 8.78 Å². The molecule has 3 nitrogen and oxygen atoms in total. The fourth-order valence-corrected chi connectivity index (χ4v) is 1.67. The van der Waals surface area contributed by atoms with Gasteiger partial charge in [-0.25, -0.2) is 0 Å². The summed E-state index contributed by atoms with van der Waals surface area (Å²) in [5, 5.41) is 0. The maximum atomic E-state index is 13.0. The van der Waals surface area contributed by atoms with Gasteiger partial charge in [-0.05, 0) is 17.9 Å². The van der Waals surface area contributed by atoms with Crippen LogP contribution < -0.4 is 4.74 Å². The zero-order chi connectivity index (χ0) is 12.8. The van der Waals surface area contributed by atoms with E-state index in [1.807, 2.05) is 0 Å². The molecular weight excluding hydrogens is 240 g/mol. The summed E-state index contributed by atoms with van der Waals surface area (Å²) in [7, 11) is 0. The Morgan fingerprint density at radius 1 is 1.33 bits per heavy atom. The van der Waals surface area contributed by atoms with Crippen LogP contribution in [0.15, 0.2) is 59.0 Å². The molecular formula is C13H5F2NO2. The van der Waals surface area contributed by atoms with Gasteiger partial charge in [-0.15, -0.1) is 0 Å². The number of ether oxygens (including phenoxy) is 1. The molecule has 18 heavy (non-hydrogen) atoms. The van der Waals surface area contributed by atoms with E-state index in [1.165, 1.54) is 12.3 Å². The van der Waals surface area contributed by atoms with Crippen LogP contribution in [0, 0.1) is 0 Å². The molecule has 88 valence electrons. The average molecular weight is 245 g/mol. The molecule has 0 bridgehead atoms. The Morgan fingerprint density at radius 3 is 2.89 bits per heavy atom. The van der Waals surface area contributed by atoms with Crippen molar-refractivity contribution >= 4 is 5.78 Å². The molecule has 3 rings (SSSR count). The summed E-state index contributed by atoms with van der Waals surface area (Å²) in [4.78, 5) is 15.0. The number of nitrogens with zero attached hydrogens (tertiary/aromatic N) is 1. The number of carbonyl (C=O) groups excluding carboxylic acids is 1. The van der Waals surface area contributed by atoms with E-state index < -0.39 is 17.3 Å². The molecule has 2 aliphatic carbocycles. The number of halogens is 2. The van der Waals surface area contributed by atoms with E-state index in [0.717, 1.165) is 0 Å². The second-order valence-corrected chi connectivity index (χ2v) is 3.74. The highest BCUT2D eigenvalue weighted by Gasteiger charge is 2.58. The number of allylic oxidation sites excluding steroid dienone is 3. The topological polar surface area (TPSA) is 39.2 Å². The molecule has 0 saturated heterocycles. The number of carbonyl (C=O) groups is 1. The predicted molar refractivity (Wildman–Crippen MR) is 57.0 cm³/mol. The van der Waals surface area contributed by atoms with Gasteiger partial charge >= 0.3 is 5.92 Å². The minimum atomic E-state index is -3.43. The fraction of sp³-hybridized carbons (Fsp3) is 0.0769. The van der Waals surface area contributed by atoms with Crippen LogP contribution in [-0.2, 0) is 4.79 Å². The molecule has 0 amide bonds. The number of alkyl halides is 2. The lowest BCUT2D eigenvalue weighted by molar-refractivity contribution is -0.139. The Balaban J connectivity index is 1.96. The summed E-state index contributed by atoms with van der Waals surface area (Å²) >= 11 is 0. The maximum absolute atomic E-state index is 13.0. The van der Waals surface area contributed by atoms with Crippen molar-refractivity contribution in [2.45, 2.75) is 5.92 Å². The van der Waals surface area contributed by atoms with Gasteiger partial charge in [-0.2, -0.15) is 8.78 Å². The maximum Gasteiger partial charge on any atom is 0.343 e.